The number of anilines is 3. The summed E-state index contributed by atoms with van der Waals surface area (Å²) in [6.07, 6.45) is -4.80. The van der Waals surface area contributed by atoms with Crippen LogP contribution in [0.1, 0.15) is 35.8 Å². The van der Waals surface area contributed by atoms with Crippen molar-refractivity contribution in [3.63, 3.8) is 0 Å². The number of rotatable bonds is 8. The fraction of sp³-hybridized carbons (Fsp3) is 0.273. The number of thiazole rings is 1. The van der Waals surface area contributed by atoms with Crippen LogP contribution in [0.25, 0.3) is 0 Å². The van der Waals surface area contributed by atoms with Crippen LogP contribution in [0.15, 0.2) is 88.7 Å². The van der Waals surface area contributed by atoms with Gasteiger partial charge in [0.1, 0.15) is 11.8 Å². The summed E-state index contributed by atoms with van der Waals surface area (Å²) in [5.41, 5.74) is 0.498. The summed E-state index contributed by atoms with van der Waals surface area (Å²) in [6, 6.07) is 20.7. The topological polar surface area (TPSA) is 91.7 Å². The van der Waals surface area contributed by atoms with Crippen LogP contribution in [-0.4, -0.2) is 40.6 Å². The van der Waals surface area contributed by atoms with Crippen LogP contribution in [0.3, 0.4) is 0 Å². The van der Waals surface area contributed by atoms with Gasteiger partial charge in [-0.25, -0.2) is 4.90 Å². The van der Waals surface area contributed by atoms with Crippen LogP contribution in [0.4, 0.5) is 30.2 Å². The quantitative estimate of drug-likeness (QED) is 0.225. The number of carbonyl (C=O) groups is 3. The van der Waals surface area contributed by atoms with E-state index in [0.29, 0.717) is 26.1 Å². The van der Waals surface area contributed by atoms with E-state index in [9.17, 15) is 32.3 Å². The molecule has 238 valence electrons. The lowest BCUT2D eigenvalue weighted by molar-refractivity contribution is -0.137. The van der Waals surface area contributed by atoms with Gasteiger partial charge in [-0.3, -0.25) is 23.7 Å². The number of hydrogen-bond donors (Lipinski definition) is 1. The molecule has 3 atom stereocenters. The summed E-state index contributed by atoms with van der Waals surface area (Å²) in [5.74, 6) is -3.91. The summed E-state index contributed by atoms with van der Waals surface area (Å²) >= 11 is 1.83. The zero-order valence-electron chi connectivity index (χ0n) is 24.8. The van der Waals surface area contributed by atoms with Gasteiger partial charge >= 0.3 is 11.0 Å². The molecule has 0 spiro atoms. The Balaban J connectivity index is 1.44. The molecule has 13 heteroatoms. The minimum Gasteiger partial charge on any atom is -0.372 e. The van der Waals surface area contributed by atoms with Crippen LogP contribution in [-0.2, 0) is 27.1 Å². The third-order valence-electron chi connectivity index (χ3n) is 8.24. The maximum absolute atomic E-state index is 14.1. The van der Waals surface area contributed by atoms with Crippen LogP contribution < -0.4 is 20.0 Å². The molecular formula is C33H29F3N4O4S2. The predicted octanol–water partition coefficient (Wildman–Crippen LogP) is 6.21. The fourth-order valence-electron chi connectivity index (χ4n) is 6.11. The molecule has 2 unspecified atom stereocenters. The highest BCUT2D eigenvalue weighted by molar-refractivity contribution is 8.00. The molecular weight excluding hydrogens is 638 g/mol. The van der Waals surface area contributed by atoms with Crippen LogP contribution in [0.2, 0.25) is 0 Å². The number of fused-ring (bicyclic) bond motifs is 2. The second kappa shape index (κ2) is 12.4. The molecule has 1 saturated heterocycles. The van der Waals surface area contributed by atoms with Gasteiger partial charge in [-0.2, -0.15) is 13.2 Å². The maximum atomic E-state index is 14.1. The van der Waals surface area contributed by atoms with Crippen molar-refractivity contribution in [3.8, 4) is 0 Å². The van der Waals surface area contributed by atoms with Gasteiger partial charge in [0.15, 0.2) is 0 Å². The lowest BCUT2D eigenvalue weighted by Gasteiger charge is -2.31. The normalized spacial score (nSPS) is 19.2. The van der Waals surface area contributed by atoms with Crippen LogP contribution in [0, 0.1) is 5.92 Å². The SMILES string of the molecule is CCN(CC)c1ccc([C@H]2c3sc(=O)n(CC(=O)Nc4ccccc4)c3SC3C(=O)N(c4ccccc4C(F)(F)F)C(=O)C32)cc1. The Morgan fingerprint density at radius 2 is 1.54 bits per heavy atom. The van der Waals surface area contributed by atoms with E-state index in [1.807, 2.05) is 38.1 Å². The molecule has 0 bridgehead atoms. The molecule has 1 aromatic heterocycles. The van der Waals surface area contributed by atoms with Gasteiger partial charge in [-0.15, -0.1) is 0 Å². The third kappa shape index (κ3) is 5.62. The number of para-hydroxylation sites is 2. The zero-order chi connectivity index (χ0) is 32.7. The summed E-state index contributed by atoms with van der Waals surface area (Å²) in [4.78, 5) is 57.3. The van der Waals surface area contributed by atoms with E-state index in [0.717, 1.165) is 54.0 Å². The number of aromatic nitrogens is 1. The van der Waals surface area contributed by atoms with Crippen molar-refractivity contribution in [2.45, 2.75) is 42.8 Å². The van der Waals surface area contributed by atoms with Gasteiger partial charge in [-0.1, -0.05) is 65.6 Å². The Morgan fingerprint density at radius 1 is 0.891 bits per heavy atom. The molecule has 3 heterocycles. The summed E-state index contributed by atoms with van der Waals surface area (Å²) in [6.45, 7) is 5.23. The van der Waals surface area contributed by atoms with Crippen molar-refractivity contribution in [2.75, 3.05) is 28.2 Å². The molecule has 4 aromatic rings. The largest absolute Gasteiger partial charge is 0.418 e. The molecule has 0 aliphatic carbocycles. The highest BCUT2D eigenvalue weighted by atomic mass is 32.2. The monoisotopic (exact) mass is 666 g/mol. The Bertz CT molecular complexity index is 1850. The van der Waals surface area contributed by atoms with E-state index in [2.05, 4.69) is 10.2 Å². The van der Waals surface area contributed by atoms with E-state index in [1.165, 1.54) is 16.7 Å². The van der Waals surface area contributed by atoms with Crippen molar-refractivity contribution in [3.05, 3.63) is 105 Å². The highest BCUT2D eigenvalue weighted by Gasteiger charge is 2.57. The van der Waals surface area contributed by atoms with Crippen molar-refractivity contribution in [2.24, 2.45) is 5.92 Å². The number of hydrogen-bond acceptors (Lipinski definition) is 7. The molecule has 8 nitrogen and oxygen atoms in total. The number of nitrogens with one attached hydrogen (secondary N) is 1. The van der Waals surface area contributed by atoms with Crippen LogP contribution in [0.5, 0.6) is 0 Å². The van der Waals surface area contributed by atoms with E-state index in [4.69, 9.17) is 0 Å². The summed E-state index contributed by atoms with van der Waals surface area (Å²) in [5, 5.41) is 1.98. The van der Waals surface area contributed by atoms with Crippen molar-refractivity contribution < 1.29 is 27.6 Å². The Kier molecular flexibility index (Phi) is 8.55. The first kappa shape index (κ1) is 31.6. The first-order valence-corrected chi connectivity index (χ1v) is 16.4. The number of imide groups is 1. The molecule has 0 radical (unpaired) electrons. The Morgan fingerprint density at radius 3 is 2.20 bits per heavy atom. The molecule has 3 amide bonds. The first-order chi connectivity index (χ1) is 22.0. The third-order valence-corrected chi connectivity index (χ3v) is 10.8. The van der Waals surface area contributed by atoms with Gasteiger partial charge in [0, 0.05) is 35.3 Å². The zero-order valence-corrected chi connectivity index (χ0v) is 26.4. The maximum Gasteiger partial charge on any atom is 0.418 e. The average Bonchev–Trinajstić information content (AvgIpc) is 3.48. The van der Waals surface area contributed by atoms with Gasteiger partial charge in [0.05, 0.1) is 22.2 Å². The molecule has 1 fully saturated rings. The smallest absolute Gasteiger partial charge is 0.372 e. The second-order valence-corrected chi connectivity index (χ2v) is 13.0. The number of nitrogens with zero attached hydrogens (tertiary/aromatic N) is 3. The molecule has 2 aliphatic rings. The minimum absolute atomic E-state index is 0.347. The van der Waals surface area contributed by atoms with Gasteiger partial charge in [-0.05, 0) is 55.8 Å². The number of alkyl halides is 3. The second-order valence-electron chi connectivity index (χ2n) is 10.9. The van der Waals surface area contributed by atoms with Gasteiger partial charge < -0.3 is 10.2 Å². The standard InChI is InChI=1S/C33H29F3N4O4S2/c1-3-38(4-2)21-16-14-19(15-17-21)25-26-27(30(43)40(29(26)42)23-13-9-8-12-22(23)33(34,35)36)45-31-28(25)46-32(44)39(31)18-24(41)37-20-10-6-5-7-11-20/h5-17,25-27H,3-4,18H2,1-2H3,(H,37,41)/t25-,26?,27?/m1/s1. The van der Waals surface area contributed by atoms with Crippen molar-refractivity contribution in [1.82, 2.24) is 4.57 Å². The van der Waals surface area contributed by atoms with Crippen molar-refractivity contribution in [1.29, 1.82) is 0 Å². The lowest BCUT2D eigenvalue weighted by Crippen LogP contribution is -2.33. The highest BCUT2D eigenvalue weighted by Crippen LogP contribution is 2.54. The van der Waals surface area contributed by atoms with Gasteiger partial charge in [0.25, 0.3) is 0 Å². The molecule has 6 rings (SSSR count). The van der Waals surface area contributed by atoms with Crippen LogP contribution >= 0.6 is 23.1 Å². The van der Waals surface area contributed by atoms with E-state index >= 15 is 0 Å². The van der Waals surface area contributed by atoms with E-state index in [-0.39, 0.29) is 6.54 Å². The Hall–Kier alpha value is -4.36. The number of amides is 3. The first-order valence-electron chi connectivity index (χ1n) is 14.7. The van der Waals surface area contributed by atoms with Gasteiger partial charge in [0.2, 0.25) is 17.7 Å². The predicted molar refractivity (Wildman–Crippen MR) is 173 cm³/mol. The molecule has 3 aromatic carbocycles. The molecule has 46 heavy (non-hydrogen) atoms. The summed E-state index contributed by atoms with van der Waals surface area (Å²) < 4.78 is 43.4. The Labute approximate surface area is 270 Å². The molecule has 0 saturated carbocycles. The van der Waals surface area contributed by atoms with E-state index in [1.54, 1.807) is 30.3 Å². The fourth-order valence-corrected chi connectivity index (χ4v) is 8.88. The number of carbonyl (C=O) groups excluding carboxylic acids is 3. The number of halogens is 3. The minimum atomic E-state index is -4.80. The number of benzene rings is 3. The number of thioether (sulfide) groups is 1. The molecule has 1 N–H and O–H groups in total. The average molecular weight is 667 g/mol. The van der Waals surface area contributed by atoms with E-state index < -0.39 is 57.1 Å². The molecule has 2 aliphatic heterocycles. The summed E-state index contributed by atoms with van der Waals surface area (Å²) in [7, 11) is 0. The lowest BCUT2D eigenvalue weighted by atomic mass is 9.83. The van der Waals surface area contributed by atoms with Crippen molar-refractivity contribution >= 4 is 57.9 Å².